The average molecular weight is 333 g/mol. The van der Waals surface area contributed by atoms with Gasteiger partial charge in [0.05, 0.1) is 18.5 Å². The quantitative estimate of drug-likeness (QED) is 0.920. The van der Waals surface area contributed by atoms with E-state index in [0.717, 1.165) is 12.8 Å². The van der Waals surface area contributed by atoms with E-state index in [1.807, 2.05) is 0 Å². The van der Waals surface area contributed by atoms with E-state index in [4.69, 9.17) is 16.3 Å². The van der Waals surface area contributed by atoms with Crippen LogP contribution in [0.2, 0.25) is 5.02 Å². The highest BCUT2D eigenvalue weighted by atomic mass is 35.5. The van der Waals surface area contributed by atoms with E-state index in [1.165, 1.54) is 6.26 Å². The Morgan fingerprint density at radius 1 is 1.38 bits per heavy atom. The number of aliphatic hydroxyl groups excluding tert-OH is 1. The zero-order valence-corrected chi connectivity index (χ0v) is 13.8. The van der Waals surface area contributed by atoms with Crippen molar-refractivity contribution in [2.45, 2.75) is 37.0 Å². The molecule has 0 heterocycles. The largest absolute Gasteiger partial charge is 0.496 e. The number of hydrogen-bond acceptors (Lipinski definition) is 4. The second-order valence-electron chi connectivity index (χ2n) is 5.71. The van der Waals surface area contributed by atoms with Crippen LogP contribution in [0.4, 0.5) is 0 Å². The maximum Gasteiger partial charge on any atom is 0.150 e. The van der Waals surface area contributed by atoms with Gasteiger partial charge in [0.1, 0.15) is 15.6 Å². The summed E-state index contributed by atoms with van der Waals surface area (Å²) in [5.74, 6) is 0.485. The summed E-state index contributed by atoms with van der Waals surface area (Å²) < 4.78 is 28.8. The molecule has 0 saturated heterocycles. The summed E-state index contributed by atoms with van der Waals surface area (Å²) in [7, 11) is -1.53. The van der Waals surface area contributed by atoms with Crippen molar-refractivity contribution in [3.8, 4) is 5.75 Å². The van der Waals surface area contributed by atoms with E-state index in [1.54, 1.807) is 25.3 Å². The lowest BCUT2D eigenvalue weighted by Gasteiger charge is -2.32. The zero-order chi connectivity index (χ0) is 15.6. The third kappa shape index (κ3) is 3.90. The molecule has 0 amide bonds. The fourth-order valence-electron chi connectivity index (χ4n) is 3.05. The summed E-state index contributed by atoms with van der Waals surface area (Å²) in [5.41, 5.74) is 0.629. The minimum Gasteiger partial charge on any atom is -0.496 e. The summed E-state index contributed by atoms with van der Waals surface area (Å²) in [5, 5.41) is 10.8. The van der Waals surface area contributed by atoms with Gasteiger partial charge in [-0.2, -0.15) is 0 Å². The van der Waals surface area contributed by atoms with E-state index in [2.05, 4.69) is 0 Å². The van der Waals surface area contributed by atoms with Crippen molar-refractivity contribution in [1.82, 2.24) is 0 Å². The molecular weight excluding hydrogens is 312 g/mol. The first kappa shape index (κ1) is 16.6. The van der Waals surface area contributed by atoms with Crippen LogP contribution in [0.1, 0.15) is 37.4 Å². The van der Waals surface area contributed by atoms with Crippen LogP contribution in [-0.4, -0.2) is 32.1 Å². The summed E-state index contributed by atoms with van der Waals surface area (Å²) in [6, 6.07) is 5.11. The second kappa shape index (κ2) is 6.55. The highest BCUT2D eigenvalue weighted by Gasteiger charge is 2.34. The van der Waals surface area contributed by atoms with Gasteiger partial charge in [-0.05, 0) is 43.4 Å². The molecule has 4 nitrogen and oxygen atoms in total. The third-order valence-electron chi connectivity index (χ3n) is 4.23. The minimum absolute atomic E-state index is 0.0918. The molecule has 0 aromatic heterocycles. The number of benzene rings is 1. The van der Waals surface area contributed by atoms with Gasteiger partial charge in [-0.3, -0.25) is 0 Å². The van der Waals surface area contributed by atoms with Crippen LogP contribution >= 0.6 is 11.6 Å². The Bertz CT molecular complexity index is 600. The number of methoxy groups -OCH3 is 1. The number of aliphatic hydroxyl groups is 1. The molecule has 0 spiro atoms. The van der Waals surface area contributed by atoms with Gasteiger partial charge in [-0.25, -0.2) is 8.42 Å². The molecule has 0 bridgehead atoms. The van der Waals surface area contributed by atoms with Crippen LogP contribution in [0.3, 0.4) is 0 Å². The fraction of sp³-hybridized carbons (Fsp3) is 0.600. The van der Waals surface area contributed by atoms with Crippen LogP contribution in [0.15, 0.2) is 18.2 Å². The van der Waals surface area contributed by atoms with Crippen LogP contribution in [0, 0.1) is 5.92 Å². The molecule has 3 atom stereocenters. The Morgan fingerprint density at radius 2 is 2.10 bits per heavy atom. The van der Waals surface area contributed by atoms with E-state index in [0.29, 0.717) is 29.2 Å². The van der Waals surface area contributed by atoms with Gasteiger partial charge in [0, 0.05) is 16.8 Å². The van der Waals surface area contributed by atoms with Crippen LogP contribution in [-0.2, 0) is 9.84 Å². The van der Waals surface area contributed by atoms with Gasteiger partial charge in [0.2, 0.25) is 0 Å². The molecule has 1 N–H and O–H groups in total. The molecule has 21 heavy (non-hydrogen) atoms. The van der Waals surface area contributed by atoms with Crippen molar-refractivity contribution in [3.05, 3.63) is 28.8 Å². The Balaban J connectivity index is 2.23. The van der Waals surface area contributed by atoms with Crippen LogP contribution in [0.25, 0.3) is 0 Å². The molecule has 0 radical (unpaired) electrons. The maximum absolute atomic E-state index is 11.7. The summed E-state index contributed by atoms with van der Waals surface area (Å²) in [4.78, 5) is 0. The first-order valence-electron chi connectivity index (χ1n) is 7.03. The lowest BCUT2D eigenvalue weighted by molar-refractivity contribution is 0.0833. The molecule has 6 heteroatoms. The lowest BCUT2D eigenvalue weighted by Crippen LogP contribution is -2.30. The predicted octanol–water partition coefficient (Wildman–Crippen LogP) is 2.99. The van der Waals surface area contributed by atoms with Crippen LogP contribution < -0.4 is 4.74 Å². The molecular formula is C15H21ClO4S. The molecule has 1 aromatic rings. The van der Waals surface area contributed by atoms with Crippen molar-refractivity contribution in [2.75, 3.05) is 13.4 Å². The van der Waals surface area contributed by atoms with E-state index < -0.39 is 15.9 Å². The number of ether oxygens (including phenoxy) is 1. The summed E-state index contributed by atoms with van der Waals surface area (Å²) in [6.07, 6.45) is 3.28. The Kier molecular flexibility index (Phi) is 5.17. The molecule has 2 rings (SSSR count). The summed E-state index contributed by atoms with van der Waals surface area (Å²) >= 11 is 6.00. The van der Waals surface area contributed by atoms with E-state index >= 15 is 0 Å². The first-order chi connectivity index (χ1) is 9.82. The summed E-state index contributed by atoms with van der Waals surface area (Å²) in [6.45, 7) is 0. The average Bonchev–Trinajstić information content (AvgIpc) is 2.45. The molecule has 118 valence electrons. The Hall–Kier alpha value is -0.780. The van der Waals surface area contributed by atoms with Crippen molar-refractivity contribution < 1.29 is 18.3 Å². The molecule has 3 unspecified atom stereocenters. The van der Waals surface area contributed by atoms with Crippen molar-refractivity contribution in [2.24, 2.45) is 5.92 Å². The SMILES string of the molecule is COc1ccc(Cl)cc1C(O)C1CCCC(S(C)(=O)=O)C1. The number of hydrogen-bond donors (Lipinski definition) is 1. The predicted molar refractivity (Wildman–Crippen MR) is 83.6 cm³/mol. The number of halogens is 1. The van der Waals surface area contributed by atoms with Gasteiger partial charge in [-0.1, -0.05) is 18.0 Å². The smallest absolute Gasteiger partial charge is 0.150 e. The lowest BCUT2D eigenvalue weighted by atomic mass is 9.82. The van der Waals surface area contributed by atoms with Gasteiger partial charge < -0.3 is 9.84 Å². The second-order valence-corrected chi connectivity index (χ2v) is 8.47. The van der Waals surface area contributed by atoms with Gasteiger partial charge in [-0.15, -0.1) is 0 Å². The normalized spacial score (nSPS) is 24.6. The molecule has 1 aliphatic rings. The van der Waals surface area contributed by atoms with Gasteiger partial charge in [0.25, 0.3) is 0 Å². The molecule has 1 aliphatic carbocycles. The van der Waals surface area contributed by atoms with Crippen molar-refractivity contribution >= 4 is 21.4 Å². The highest BCUT2D eigenvalue weighted by Crippen LogP contribution is 2.40. The van der Waals surface area contributed by atoms with Gasteiger partial charge >= 0.3 is 0 Å². The highest BCUT2D eigenvalue weighted by molar-refractivity contribution is 7.91. The standard InChI is InChI=1S/C15H21ClO4S/c1-20-14-7-6-11(16)9-13(14)15(17)10-4-3-5-12(8-10)21(2,18)19/h6-7,9-10,12,15,17H,3-5,8H2,1-2H3. The van der Waals surface area contributed by atoms with Crippen molar-refractivity contribution in [3.63, 3.8) is 0 Å². The molecule has 1 aromatic carbocycles. The topological polar surface area (TPSA) is 63.6 Å². The molecule has 0 aliphatic heterocycles. The number of sulfone groups is 1. The molecule has 1 fully saturated rings. The van der Waals surface area contributed by atoms with Crippen molar-refractivity contribution in [1.29, 1.82) is 0 Å². The molecule has 1 saturated carbocycles. The fourth-order valence-corrected chi connectivity index (χ4v) is 4.42. The monoisotopic (exact) mass is 332 g/mol. The first-order valence-corrected chi connectivity index (χ1v) is 9.36. The third-order valence-corrected chi connectivity index (χ3v) is 6.10. The maximum atomic E-state index is 11.7. The zero-order valence-electron chi connectivity index (χ0n) is 12.3. The van der Waals surface area contributed by atoms with E-state index in [9.17, 15) is 13.5 Å². The Labute approximate surface area is 131 Å². The van der Waals surface area contributed by atoms with E-state index in [-0.39, 0.29) is 11.2 Å². The number of rotatable bonds is 4. The van der Waals surface area contributed by atoms with Gasteiger partial charge in [0.15, 0.2) is 0 Å². The Morgan fingerprint density at radius 3 is 2.71 bits per heavy atom. The minimum atomic E-state index is -3.07. The van der Waals surface area contributed by atoms with Crippen LogP contribution in [0.5, 0.6) is 5.75 Å².